The molecule has 0 aromatic carbocycles. The van der Waals surface area contributed by atoms with Crippen molar-refractivity contribution in [2.24, 2.45) is 0 Å². The number of nitrogens with one attached hydrogen (secondary N) is 1. The van der Waals surface area contributed by atoms with Crippen molar-refractivity contribution in [3.8, 4) is 0 Å². The first kappa shape index (κ1) is 17.3. The number of hydrogen-bond acceptors (Lipinski definition) is 6. The fraction of sp³-hybridized carbons (Fsp3) is 0.600. The van der Waals surface area contributed by atoms with Gasteiger partial charge in [0.15, 0.2) is 4.34 Å². The largest absolute Gasteiger partial charge is 0.303 e. The average molecular weight is 342 g/mol. The van der Waals surface area contributed by atoms with Crippen LogP contribution in [-0.4, -0.2) is 44.4 Å². The standard InChI is InChI=1S/C10H16ClN3O4S2/c1-7(2)13(3)5-4-12-20(17,18)9-6-8(14(15)16)10(11)19-9/h6-7,12H,4-5H2,1-3H3. The van der Waals surface area contributed by atoms with Gasteiger partial charge in [-0.2, -0.15) is 0 Å². The van der Waals surface area contributed by atoms with E-state index < -0.39 is 20.6 Å². The van der Waals surface area contributed by atoms with Crippen molar-refractivity contribution in [2.45, 2.75) is 24.1 Å². The van der Waals surface area contributed by atoms with E-state index in [0.717, 1.165) is 6.07 Å². The Balaban J connectivity index is 2.75. The molecule has 0 spiro atoms. The first-order valence-corrected chi connectivity index (χ1v) is 8.46. The molecule has 0 unspecified atom stereocenters. The fourth-order valence-corrected chi connectivity index (χ4v) is 4.01. The van der Waals surface area contributed by atoms with Crippen LogP contribution >= 0.6 is 22.9 Å². The molecule has 0 saturated carbocycles. The number of likely N-dealkylation sites (N-methyl/N-ethyl adjacent to an activating group) is 1. The van der Waals surface area contributed by atoms with Crippen LogP contribution in [0.25, 0.3) is 0 Å². The first-order valence-electron chi connectivity index (χ1n) is 5.78. The Bertz CT molecular complexity index is 585. The molecule has 7 nitrogen and oxygen atoms in total. The molecular formula is C10H16ClN3O4S2. The van der Waals surface area contributed by atoms with Crippen molar-refractivity contribution in [1.82, 2.24) is 9.62 Å². The van der Waals surface area contributed by atoms with Crippen LogP contribution in [0.2, 0.25) is 4.34 Å². The number of rotatable bonds is 7. The van der Waals surface area contributed by atoms with Gasteiger partial charge >= 0.3 is 0 Å². The minimum atomic E-state index is -3.76. The van der Waals surface area contributed by atoms with Gasteiger partial charge in [0.1, 0.15) is 4.21 Å². The SMILES string of the molecule is CC(C)N(C)CCNS(=O)(=O)c1cc([N+](=O)[O-])c(Cl)s1. The molecule has 1 N–H and O–H groups in total. The normalized spacial score (nSPS) is 12.3. The van der Waals surface area contributed by atoms with Crippen LogP contribution in [0.3, 0.4) is 0 Å². The Hall–Kier alpha value is -0.740. The maximum Gasteiger partial charge on any atom is 0.300 e. The van der Waals surface area contributed by atoms with Crippen LogP contribution in [0.4, 0.5) is 5.69 Å². The predicted molar refractivity (Wildman–Crippen MR) is 78.9 cm³/mol. The predicted octanol–water partition coefficient (Wildman–Crippen LogP) is 1.93. The van der Waals surface area contributed by atoms with Crippen molar-refractivity contribution < 1.29 is 13.3 Å². The Morgan fingerprint density at radius 1 is 1.55 bits per heavy atom. The summed E-state index contributed by atoms with van der Waals surface area (Å²) >= 11 is 6.32. The Morgan fingerprint density at radius 2 is 2.15 bits per heavy atom. The third-order valence-corrected chi connectivity index (χ3v) is 6.02. The topological polar surface area (TPSA) is 92.6 Å². The van der Waals surface area contributed by atoms with Gasteiger partial charge < -0.3 is 4.90 Å². The van der Waals surface area contributed by atoms with Crippen LogP contribution < -0.4 is 4.72 Å². The highest BCUT2D eigenvalue weighted by Crippen LogP contribution is 2.35. The zero-order valence-electron chi connectivity index (χ0n) is 11.3. The summed E-state index contributed by atoms with van der Waals surface area (Å²) in [6.45, 7) is 4.76. The quantitative estimate of drug-likeness (QED) is 0.604. The zero-order valence-corrected chi connectivity index (χ0v) is 13.7. The third kappa shape index (κ3) is 4.38. The molecule has 0 bridgehead atoms. The molecule has 1 rings (SSSR count). The number of nitro groups is 1. The second-order valence-electron chi connectivity index (χ2n) is 4.45. The molecule has 0 aliphatic rings. The molecule has 0 fully saturated rings. The van der Waals surface area contributed by atoms with E-state index in [-0.39, 0.29) is 15.1 Å². The molecule has 0 atom stereocenters. The second-order valence-corrected chi connectivity index (χ2v) is 8.10. The third-order valence-electron chi connectivity index (χ3n) is 2.75. The number of nitrogens with zero attached hydrogens (tertiary/aromatic N) is 2. The van der Waals surface area contributed by atoms with Crippen LogP contribution in [0.15, 0.2) is 10.3 Å². The summed E-state index contributed by atoms with van der Waals surface area (Å²) in [7, 11) is -1.88. The number of thiophene rings is 1. The zero-order chi connectivity index (χ0) is 15.5. The number of hydrogen-bond donors (Lipinski definition) is 1. The van der Waals surface area contributed by atoms with Crippen molar-refractivity contribution in [3.05, 3.63) is 20.5 Å². The lowest BCUT2D eigenvalue weighted by atomic mass is 10.3. The van der Waals surface area contributed by atoms with Gasteiger partial charge in [0.25, 0.3) is 5.69 Å². The molecule has 20 heavy (non-hydrogen) atoms. The Morgan fingerprint density at radius 3 is 2.60 bits per heavy atom. The minimum absolute atomic E-state index is 0.144. The molecule has 1 aromatic heterocycles. The van der Waals surface area contributed by atoms with Crippen molar-refractivity contribution in [3.63, 3.8) is 0 Å². The summed E-state index contributed by atoms with van der Waals surface area (Å²) in [6, 6.07) is 1.28. The summed E-state index contributed by atoms with van der Waals surface area (Å²) in [4.78, 5) is 11.9. The molecule has 0 aliphatic heterocycles. The first-order chi connectivity index (χ1) is 9.15. The monoisotopic (exact) mass is 341 g/mol. The van der Waals surface area contributed by atoms with Crippen molar-refractivity contribution in [2.75, 3.05) is 20.1 Å². The summed E-state index contributed by atoms with van der Waals surface area (Å²) in [5, 5.41) is 10.6. The second kappa shape index (κ2) is 6.81. The molecule has 1 heterocycles. The molecule has 0 amide bonds. The van der Waals surface area contributed by atoms with Gasteiger partial charge in [0.2, 0.25) is 10.0 Å². The highest BCUT2D eigenvalue weighted by Gasteiger charge is 2.25. The van der Waals surface area contributed by atoms with Gasteiger partial charge in [-0.25, -0.2) is 13.1 Å². The summed E-state index contributed by atoms with van der Waals surface area (Å²) in [5.41, 5.74) is -0.392. The van der Waals surface area contributed by atoms with Gasteiger partial charge in [0, 0.05) is 25.2 Å². The lowest BCUT2D eigenvalue weighted by Gasteiger charge is -2.20. The maximum absolute atomic E-state index is 12.0. The highest BCUT2D eigenvalue weighted by molar-refractivity contribution is 7.91. The minimum Gasteiger partial charge on any atom is -0.303 e. The number of halogens is 1. The van der Waals surface area contributed by atoms with Crippen molar-refractivity contribution in [1.29, 1.82) is 0 Å². The Kier molecular flexibility index (Phi) is 5.90. The van der Waals surface area contributed by atoms with Crippen molar-refractivity contribution >= 4 is 38.6 Å². The smallest absolute Gasteiger partial charge is 0.300 e. The van der Waals surface area contributed by atoms with Gasteiger partial charge in [-0.3, -0.25) is 10.1 Å². The van der Waals surface area contributed by atoms with E-state index in [1.54, 1.807) is 0 Å². The van der Waals surface area contributed by atoms with E-state index in [1.807, 2.05) is 25.8 Å². The molecule has 0 aliphatic carbocycles. The fourth-order valence-electron chi connectivity index (χ4n) is 1.28. The van der Waals surface area contributed by atoms with E-state index in [9.17, 15) is 18.5 Å². The molecule has 0 saturated heterocycles. The summed E-state index contributed by atoms with van der Waals surface area (Å²) in [6.07, 6.45) is 0. The van der Waals surface area contributed by atoms with E-state index in [4.69, 9.17) is 11.6 Å². The van der Waals surface area contributed by atoms with Gasteiger partial charge in [-0.15, -0.1) is 11.3 Å². The van der Waals surface area contributed by atoms with E-state index in [0.29, 0.717) is 23.9 Å². The van der Waals surface area contributed by atoms with E-state index in [2.05, 4.69) is 4.72 Å². The van der Waals surface area contributed by atoms with Gasteiger partial charge in [-0.05, 0) is 20.9 Å². The lowest BCUT2D eigenvalue weighted by molar-refractivity contribution is -0.384. The lowest BCUT2D eigenvalue weighted by Crippen LogP contribution is -2.35. The highest BCUT2D eigenvalue weighted by atomic mass is 35.5. The molecule has 114 valence electrons. The van der Waals surface area contributed by atoms with Gasteiger partial charge in [0.05, 0.1) is 4.92 Å². The summed E-state index contributed by atoms with van der Waals surface area (Å²) < 4.78 is 26.0. The van der Waals surface area contributed by atoms with Crippen LogP contribution in [0.5, 0.6) is 0 Å². The summed E-state index contributed by atoms with van der Waals surface area (Å²) in [5.74, 6) is 0. The van der Waals surface area contributed by atoms with E-state index in [1.165, 1.54) is 0 Å². The molecular weight excluding hydrogens is 326 g/mol. The Labute approximate surface area is 126 Å². The van der Waals surface area contributed by atoms with Crippen LogP contribution in [0, 0.1) is 10.1 Å². The molecule has 10 heteroatoms. The van der Waals surface area contributed by atoms with Crippen LogP contribution in [0.1, 0.15) is 13.8 Å². The van der Waals surface area contributed by atoms with Crippen LogP contribution in [-0.2, 0) is 10.0 Å². The maximum atomic E-state index is 12.0. The molecule has 0 radical (unpaired) electrons. The number of sulfonamides is 1. The molecule has 1 aromatic rings. The van der Waals surface area contributed by atoms with Gasteiger partial charge in [-0.1, -0.05) is 11.6 Å². The van der Waals surface area contributed by atoms with E-state index >= 15 is 0 Å². The average Bonchev–Trinajstić information content (AvgIpc) is 2.71.